The molecule has 3 aromatic heterocycles. The molecule has 132 valence electrons. The lowest BCUT2D eigenvalue weighted by Crippen LogP contribution is -2.15. The van der Waals surface area contributed by atoms with Crippen molar-refractivity contribution in [1.82, 2.24) is 15.0 Å². The topological polar surface area (TPSA) is 105 Å². The Morgan fingerprint density at radius 1 is 0.962 bits per heavy atom. The van der Waals surface area contributed by atoms with Crippen molar-refractivity contribution < 1.29 is 19.1 Å². The number of Topliss-reactive ketones (excluding diaryl/α,β-unsaturated/α-hetero) is 2. The van der Waals surface area contributed by atoms with E-state index in [0.717, 1.165) is 11.8 Å². The number of nitrogens with zero attached hydrogens (tertiary/aromatic N) is 1. The standard InChI is InChI=1S/C18H15N3O4S/c22-15(13-5-2-7-19-13)10-25-18(24)12-4-1-9-21-17(12)26-11-16(23)14-6-3-8-20-14/h1-9,19-20H,10-11H2. The molecule has 0 unspecified atom stereocenters. The number of aromatic amines is 2. The Hall–Kier alpha value is -3.13. The van der Waals surface area contributed by atoms with E-state index in [2.05, 4.69) is 15.0 Å². The monoisotopic (exact) mass is 369 g/mol. The maximum absolute atomic E-state index is 12.3. The number of esters is 1. The number of thioether (sulfide) groups is 1. The van der Waals surface area contributed by atoms with Crippen LogP contribution in [0.5, 0.6) is 0 Å². The Kier molecular flexibility index (Phi) is 5.65. The maximum Gasteiger partial charge on any atom is 0.341 e. The molecule has 0 aliphatic carbocycles. The van der Waals surface area contributed by atoms with Gasteiger partial charge in [-0.2, -0.15) is 0 Å². The van der Waals surface area contributed by atoms with Gasteiger partial charge >= 0.3 is 5.97 Å². The van der Waals surface area contributed by atoms with Crippen LogP contribution in [-0.4, -0.2) is 44.8 Å². The summed E-state index contributed by atoms with van der Waals surface area (Å²) < 4.78 is 5.08. The molecule has 0 saturated carbocycles. The summed E-state index contributed by atoms with van der Waals surface area (Å²) in [6, 6.07) is 9.86. The van der Waals surface area contributed by atoms with Crippen LogP contribution in [0, 0.1) is 0 Å². The molecule has 3 heterocycles. The lowest BCUT2D eigenvalue weighted by atomic mass is 10.3. The molecule has 2 N–H and O–H groups in total. The average Bonchev–Trinajstić information content (AvgIpc) is 3.38. The zero-order chi connectivity index (χ0) is 18.4. The zero-order valence-corrected chi connectivity index (χ0v) is 14.4. The van der Waals surface area contributed by atoms with Gasteiger partial charge in [-0.3, -0.25) is 9.59 Å². The largest absolute Gasteiger partial charge is 0.454 e. The van der Waals surface area contributed by atoms with Crippen LogP contribution in [0.25, 0.3) is 0 Å². The van der Waals surface area contributed by atoms with Crippen LogP contribution in [0.1, 0.15) is 31.3 Å². The van der Waals surface area contributed by atoms with Crippen LogP contribution >= 0.6 is 11.8 Å². The third-order valence-electron chi connectivity index (χ3n) is 3.46. The summed E-state index contributed by atoms with van der Waals surface area (Å²) in [7, 11) is 0. The van der Waals surface area contributed by atoms with Crippen molar-refractivity contribution in [3.8, 4) is 0 Å². The molecule has 0 aliphatic heterocycles. The fraction of sp³-hybridized carbons (Fsp3) is 0.111. The van der Waals surface area contributed by atoms with Crippen molar-refractivity contribution in [1.29, 1.82) is 0 Å². The first-order chi connectivity index (χ1) is 12.6. The van der Waals surface area contributed by atoms with Crippen LogP contribution in [-0.2, 0) is 4.74 Å². The van der Waals surface area contributed by atoms with Crippen molar-refractivity contribution >= 4 is 29.3 Å². The number of ketones is 2. The van der Waals surface area contributed by atoms with E-state index in [0.29, 0.717) is 16.4 Å². The number of hydrogen-bond acceptors (Lipinski definition) is 6. The van der Waals surface area contributed by atoms with Gasteiger partial charge in [0, 0.05) is 18.6 Å². The molecule has 26 heavy (non-hydrogen) atoms. The molecule has 0 saturated heterocycles. The quantitative estimate of drug-likeness (QED) is 0.359. The molecule has 0 radical (unpaired) electrons. The van der Waals surface area contributed by atoms with Crippen LogP contribution in [0.2, 0.25) is 0 Å². The Balaban J connectivity index is 1.61. The highest BCUT2D eigenvalue weighted by atomic mass is 32.2. The van der Waals surface area contributed by atoms with E-state index in [1.165, 1.54) is 6.20 Å². The van der Waals surface area contributed by atoms with E-state index in [4.69, 9.17) is 4.74 Å². The molecule has 0 amide bonds. The summed E-state index contributed by atoms with van der Waals surface area (Å²) in [5, 5.41) is 0.379. The van der Waals surface area contributed by atoms with Crippen LogP contribution in [0.15, 0.2) is 60.0 Å². The molecular formula is C18H15N3O4S. The van der Waals surface area contributed by atoms with Crippen molar-refractivity contribution in [2.75, 3.05) is 12.4 Å². The van der Waals surface area contributed by atoms with Gasteiger partial charge < -0.3 is 14.7 Å². The third kappa shape index (κ3) is 4.28. The average molecular weight is 369 g/mol. The second kappa shape index (κ2) is 8.30. The second-order valence-corrected chi connectivity index (χ2v) is 6.20. The number of carbonyl (C=O) groups excluding carboxylic acids is 3. The first-order valence-corrected chi connectivity index (χ1v) is 8.72. The minimum absolute atomic E-state index is 0.105. The van der Waals surface area contributed by atoms with Crippen LogP contribution in [0.3, 0.4) is 0 Å². The molecule has 0 aromatic carbocycles. The van der Waals surface area contributed by atoms with E-state index < -0.39 is 5.97 Å². The van der Waals surface area contributed by atoms with E-state index in [9.17, 15) is 14.4 Å². The summed E-state index contributed by atoms with van der Waals surface area (Å²) in [6.45, 7) is -0.375. The number of ether oxygens (including phenoxy) is 1. The van der Waals surface area contributed by atoms with Gasteiger partial charge in [-0.05, 0) is 36.4 Å². The van der Waals surface area contributed by atoms with Gasteiger partial charge in [0.25, 0.3) is 0 Å². The first kappa shape index (κ1) is 17.7. The van der Waals surface area contributed by atoms with E-state index in [1.54, 1.807) is 48.8 Å². The van der Waals surface area contributed by atoms with E-state index >= 15 is 0 Å². The molecule has 7 nitrogen and oxygen atoms in total. The fourth-order valence-corrected chi connectivity index (χ4v) is 3.03. The summed E-state index contributed by atoms with van der Waals surface area (Å²) in [5.41, 5.74) is 1.08. The Labute approximate surface area is 153 Å². The van der Waals surface area contributed by atoms with Crippen molar-refractivity contribution in [3.63, 3.8) is 0 Å². The van der Waals surface area contributed by atoms with Crippen molar-refractivity contribution in [2.24, 2.45) is 0 Å². The summed E-state index contributed by atoms with van der Waals surface area (Å²) in [4.78, 5) is 46.0. The van der Waals surface area contributed by atoms with Gasteiger partial charge in [0.2, 0.25) is 5.78 Å². The predicted octanol–water partition coefficient (Wildman–Crippen LogP) is 2.75. The number of carbonyl (C=O) groups is 3. The number of aromatic nitrogens is 3. The van der Waals surface area contributed by atoms with Gasteiger partial charge in [-0.1, -0.05) is 11.8 Å². The van der Waals surface area contributed by atoms with Gasteiger partial charge in [0.15, 0.2) is 12.4 Å². The minimum atomic E-state index is -0.659. The molecule has 0 fully saturated rings. The highest BCUT2D eigenvalue weighted by Gasteiger charge is 2.18. The van der Waals surface area contributed by atoms with Gasteiger partial charge in [-0.15, -0.1) is 0 Å². The molecule has 0 bridgehead atoms. The number of hydrogen-bond donors (Lipinski definition) is 2. The molecule has 0 atom stereocenters. The van der Waals surface area contributed by atoms with Gasteiger partial charge in [0.1, 0.15) is 5.03 Å². The van der Waals surface area contributed by atoms with Crippen molar-refractivity contribution in [2.45, 2.75) is 5.03 Å². The van der Waals surface area contributed by atoms with Crippen LogP contribution in [0.4, 0.5) is 0 Å². The predicted molar refractivity (Wildman–Crippen MR) is 95.5 cm³/mol. The second-order valence-electron chi connectivity index (χ2n) is 5.23. The van der Waals surface area contributed by atoms with Gasteiger partial charge in [-0.25, -0.2) is 9.78 Å². The minimum Gasteiger partial charge on any atom is -0.454 e. The number of pyridine rings is 1. The number of H-pyrrole nitrogens is 2. The summed E-state index contributed by atoms with van der Waals surface area (Å²) in [6.07, 6.45) is 4.82. The smallest absolute Gasteiger partial charge is 0.341 e. The van der Waals surface area contributed by atoms with E-state index in [1.807, 2.05) is 0 Å². The van der Waals surface area contributed by atoms with Crippen LogP contribution < -0.4 is 0 Å². The summed E-state index contributed by atoms with van der Waals surface area (Å²) >= 11 is 1.14. The molecule has 0 aliphatic rings. The summed E-state index contributed by atoms with van der Waals surface area (Å²) in [5.74, 6) is -0.970. The Morgan fingerprint density at radius 3 is 2.31 bits per heavy atom. The number of nitrogens with one attached hydrogen (secondary N) is 2. The Morgan fingerprint density at radius 2 is 1.65 bits per heavy atom. The lowest BCUT2D eigenvalue weighted by Gasteiger charge is -2.07. The molecular weight excluding hydrogens is 354 g/mol. The van der Waals surface area contributed by atoms with Gasteiger partial charge in [0.05, 0.1) is 22.7 Å². The third-order valence-corrected chi connectivity index (χ3v) is 4.47. The SMILES string of the molecule is O=C(COC(=O)c1cccnc1SCC(=O)c1ccc[nH]1)c1ccc[nH]1. The molecule has 0 spiro atoms. The highest BCUT2D eigenvalue weighted by Crippen LogP contribution is 2.21. The lowest BCUT2D eigenvalue weighted by molar-refractivity contribution is 0.0469. The number of rotatable bonds is 8. The normalized spacial score (nSPS) is 10.5. The van der Waals surface area contributed by atoms with Crippen molar-refractivity contribution in [3.05, 3.63) is 71.9 Å². The van der Waals surface area contributed by atoms with E-state index in [-0.39, 0.29) is 29.5 Å². The Bertz CT molecular complexity index is 904. The fourth-order valence-electron chi connectivity index (χ4n) is 2.17. The maximum atomic E-state index is 12.3. The highest BCUT2D eigenvalue weighted by molar-refractivity contribution is 8.00. The zero-order valence-electron chi connectivity index (χ0n) is 13.6. The molecule has 3 aromatic rings. The molecule has 8 heteroatoms. The first-order valence-electron chi connectivity index (χ1n) is 7.73. The molecule has 3 rings (SSSR count).